The van der Waals surface area contributed by atoms with Gasteiger partial charge in [0.05, 0.1) is 22.8 Å². The third kappa shape index (κ3) is 3.27. The third-order valence-electron chi connectivity index (χ3n) is 2.46. The van der Waals surface area contributed by atoms with Gasteiger partial charge in [0, 0.05) is 31.2 Å². The number of anilines is 1. The van der Waals surface area contributed by atoms with Crippen LogP contribution in [0.5, 0.6) is 0 Å². The van der Waals surface area contributed by atoms with Crippen molar-refractivity contribution in [1.29, 1.82) is 0 Å². The van der Waals surface area contributed by atoms with Crippen molar-refractivity contribution in [3.63, 3.8) is 0 Å². The second-order valence-corrected chi connectivity index (χ2v) is 4.51. The highest BCUT2D eigenvalue weighted by Crippen LogP contribution is 2.32. The highest BCUT2D eigenvalue weighted by atomic mass is 79.9. The van der Waals surface area contributed by atoms with Crippen LogP contribution in [0.2, 0.25) is 0 Å². The molecule has 7 heteroatoms. The number of halogens is 1. The van der Waals surface area contributed by atoms with Crippen LogP contribution in [0.15, 0.2) is 16.6 Å². The average molecular weight is 317 g/mol. The van der Waals surface area contributed by atoms with Gasteiger partial charge in [-0.3, -0.25) is 14.9 Å². The van der Waals surface area contributed by atoms with Gasteiger partial charge in [-0.1, -0.05) is 0 Å². The van der Waals surface area contributed by atoms with Crippen molar-refractivity contribution in [3.8, 4) is 0 Å². The molecule has 0 atom stereocenters. The molecule has 0 unspecified atom stereocenters. The van der Waals surface area contributed by atoms with E-state index in [-0.39, 0.29) is 11.3 Å². The Morgan fingerprint density at radius 2 is 2.22 bits per heavy atom. The Kier molecular flexibility index (Phi) is 5.24. The molecule has 0 radical (unpaired) electrons. The Balaban J connectivity index is 3.16. The molecule has 0 aromatic heterocycles. The van der Waals surface area contributed by atoms with Crippen molar-refractivity contribution in [2.24, 2.45) is 0 Å². The maximum absolute atomic E-state index is 10.9. The van der Waals surface area contributed by atoms with E-state index in [0.717, 1.165) is 0 Å². The molecular formula is C11H13BrN2O4. The summed E-state index contributed by atoms with van der Waals surface area (Å²) < 4.78 is 5.58. The van der Waals surface area contributed by atoms with Gasteiger partial charge in [0.1, 0.15) is 0 Å². The van der Waals surface area contributed by atoms with E-state index in [0.29, 0.717) is 29.6 Å². The summed E-state index contributed by atoms with van der Waals surface area (Å²) in [6.07, 6.45) is 0.474. The molecule has 18 heavy (non-hydrogen) atoms. The number of carbonyl (C=O) groups is 1. The standard InChI is InChI=1S/C11H13BrN2O4/c1-13(3-4-18-2)11-6-10(14(16)17)8(7-15)5-9(11)12/h5-7H,3-4H2,1-2H3. The topological polar surface area (TPSA) is 72.7 Å². The molecule has 98 valence electrons. The third-order valence-corrected chi connectivity index (χ3v) is 3.10. The lowest BCUT2D eigenvalue weighted by Gasteiger charge is -2.20. The number of nitrogens with zero attached hydrogens (tertiary/aromatic N) is 2. The monoisotopic (exact) mass is 316 g/mol. The van der Waals surface area contributed by atoms with Gasteiger partial charge in [-0.15, -0.1) is 0 Å². The zero-order chi connectivity index (χ0) is 13.7. The lowest BCUT2D eigenvalue weighted by molar-refractivity contribution is -0.385. The zero-order valence-electron chi connectivity index (χ0n) is 10.1. The normalized spacial score (nSPS) is 10.2. The van der Waals surface area contributed by atoms with Crippen LogP contribution in [0, 0.1) is 10.1 Å². The van der Waals surface area contributed by atoms with Crippen LogP contribution in [0.4, 0.5) is 11.4 Å². The summed E-state index contributed by atoms with van der Waals surface area (Å²) in [5, 5.41) is 10.9. The number of ether oxygens (including phenoxy) is 1. The molecule has 0 spiro atoms. The largest absolute Gasteiger partial charge is 0.383 e. The van der Waals surface area contributed by atoms with Gasteiger partial charge >= 0.3 is 0 Å². The van der Waals surface area contributed by atoms with Crippen LogP contribution >= 0.6 is 15.9 Å². The van der Waals surface area contributed by atoms with Gasteiger partial charge in [0.25, 0.3) is 5.69 Å². The predicted molar refractivity (Wildman–Crippen MR) is 71.3 cm³/mol. The molecule has 6 nitrogen and oxygen atoms in total. The first-order valence-corrected chi connectivity index (χ1v) is 5.93. The summed E-state index contributed by atoms with van der Waals surface area (Å²) in [6, 6.07) is 2.83. The Bertz CT molecular complexity index is 465. The summed E-state index contributed by atoms with van der Waals surface area (Å²) in [6.45, 7) is 1.10. The van der Waals surface area contributed by atoms with Crippen LogP contribution in [0.3, 0.4) is 0 Å². The van der Waals surface area contributed by atoms with Gasteiger partial charge in [-0.05, 0) is 22.0 Å². The number of methoxy groups -OCH3 is 1. The smallest absolute Gasteiger partial charge is 0.282 e. The predicted octanol–water partition coefficient (Wildman–Crippen LogP) is 2.25. The molecule has 0 heterocycles. The lowest BCUT2D eigenvalue weighted by Crippen LogP contribution is -2.22. The van der Waals surface area contributed by atoms with Crippen LogP contribution in [0.25, 0.3) is 0 Å². The first-order valence-electron chi connectivity index (χ1n) is 5.14. The number of rotatable bonds is 6. The van der Waals surface area contributed by atoms with Crippen LogP contribution in [-0.2, 0) is 4.74 Å². The van der Waals surface area contributed by atoms with Gasteiger partial charge in [0.15, 0.2) is 6.29 Å². The molecule has 0 aliphatic rings. The van der Waals surface area contributed by atoms with E-state index in [4.69, 9.17) is 4.74 Å². The Morgan fingerprint density at radius 3 is 2.72 bits per heavy atom. The number of likely N-dealkylation sites (N-methyl/N-ethyl adjacent to an activating group) is 1. The molecule has 1 aromatic carbocycles. The van der Waals surface area contributed by atoms with Gasteiger partial charge in [-0.2, -0.15) is 0 Å². The number of carbonyl (C=O) groups excluding carboxylic acids is 1. The van der Waals surface area contributed by atoms with Crippen molar-refractivity contribution in [2.45, 2.75) is 0 Å². The molecule has 0 N–H and O–H groups in total. The maximum Gasteiger partial charge on any atom is 0.282 e. The first kappa shape index (κ1) is 14.6. The van der Waals surface area contributed by atoms with E-state index in [1.165, 1.54) is 12.1 Å². The lowest BCUT2D eigenvalue weighted by atomic mass is 10.1. The molecule has 1 aromatic rings. The number of hydrogen-bond donors (Lipinski definition) is 0. The molecule has 0 aliphatic carbocycles. The highest BCUT2D eigenvalue weighted by Gasteiger charge is 2.18. The Morgan fingerprint density at radius 1 is 1.56 bits per heavy atom. The summed E-state index contributed by atoms with van der Waals surface area (Å²) >= 11 is 3.30. The van der Waals surface area contributed by atoms with Crippen LogP contribution in [-0.4, -0.2) is 38.5 Å². The maximum atomic E-state index is 10.9. The summed E-state index contributed by atoms with van der Waals surface area (Å²) in [4.78, 5) is 22.9. The van der Waals surface area contributed by atoms with E-state index >= 15 is 0 Å². The summed E-state index contributed by atoms with van der Waals surface area (Å²) in [7, 11) is 3.38. The number of hydrogen-bond acceptors (Lipinski definition) is 5. The minimum absolute atomic E-state index is 0.0516. The van der Waals surface area contributed by atoms with Crippen molar-refractivity contribution >= 4 is 33.6 Å². The van der Waals surface area contributed by atoms with E-state index < -0.39 is 4.92 Å². The molecule has 0 aliphatic heterocycles. The fourth-order valence-corrected chi connectivity index (χ4v) is 2.12. The SMILES string of the molecule is COCCN(C)c1cc([N+](=O)[O-])c(C=O)cc1Br. The minimum Gasteiger partial charge on any atom is -0.383 e. The fraction of sp³-hybridized carbons (Fsp3) is 0.364. The number of nitro benzene ring substituents is 1. The second kappa shape index (κ2) is 6.46. The van der Waals surface area contributed by atoms with Crippen molar-refractivity contribution in [3.05, 3.63) is 32.3 Å². The van der Waals surface area contributed by atoms with Crippen molar-refractivity contribution in [2.75, 3.05) is 32.2 Å². The molecule has 0 amide bonds. The second-order valence-electron chi connectivity index (χ2n) is 3.65. The molecule has 0 bridgehead atoms. The van der Waals surface area contributed by atoms with Crippen LogP contribution in [0.1, 0.15) is 10.4 Å². The molecule has 0 saturated heterocycles. The number of benzene rings is 1. The molecule has 0 saturated carbocycles. The van der Waals surface area contributed by atoms with E-state index in [1.807, 2.05) is 4.90 Å². The quantitative estimate of drug-likeness (QED) is 0.457. The Hall–Kier alpha value is -1.47. The van der Waals surface area contributed by atoms with E-state index in [2.05, 4.69) is 15.9 Å². The summed E-state index contributed by atoms with van der Waals surface area (Å²) in [5.74, 6) is 0. The summed E-state index contributed by atoms with van der Waals surface area (Å²) in [5.41, 5.74) is 0.493. The van der Waals surface area contributed by atoms with Gasteiger partial charge in [-0.25, -0.2) is 0 Å². The molecule has 0 fully saturated rings. The van der Waals surface area contributed by atoms with Crippen LogP contribution < -0.4 is 4.90 Å². The van der Waals surface area contributed by atoms with Crippen molar-refractivity contribution in [1.82, 2.24) is 0 Å². The Labute approximate surface area is 113 Å². The van der Waals surface area contributed by atoms with Gasteiger partial charge < -0.3 is 9.64 Å². The fourth-order valence-electron chi connectivity index (χ4n) is 1.46. The van der Waals surface area contributed by atoms with E-state index in [1.54, 1.807) is 14.2 Å². The minimum atomic E-state index is -0.566. The van der Waals surface area contributed by atoms with E-state index in [9.17, 15) is 14.9 Å². The zero-order valence-corrected chi connectivity index (χ0v) is 11.6. The highest BCUT2D eigenvalue weighted by molar-refractivity contribution is 9.10. The molecular weight excluding hydrogens is 304 g/mol. The van der Waals surface area contributed by atoms with Gasteiger partial charge in [0.2, 0.25) is 0 Å². The number of aldehydes is 1. The average Bonchev–Trinajstić information content (AvgIpc) is 2.34. The van der Waals surface area contributed by atoms with Crippen molar-refractivity contribution < 1.29 is 14.5 Å². The first-order chi connectivity index (χ1) is 8.51. The molecule has 1 rings (SSSR count). The number of nitro groups is 1.